The van der Waals surface area contributed by atoms with Gasteiger partial charge in [0, 0.05) is 24.8 Å². The number of phenolic OH excluding ortho intramolecular Hbond substituents is 1. The molecule has 0 radical (unpaired) electrons. The molecule has 5 heteroatoms. The molecule has 5 nitrogen and oxygen atoms in total. The Hall–Kier alpha value is -2.04. The van der Waals surface area contributed by atoms with E-state index in [1.807, 2.05) is 11.0 Å². The summed E-state index contributed by atoms with van der Waals surface area (Å²) in [5, 5.41) is 11.8. The van der Waals surface area contributed by atoms with Crippen molar-refractivity contribution < 1.29 is 14.7 Å². The van der Waals surface area contributed by atoms with Crippen molar-refractivity contribution >= 4 is 17.5 Å². The fourth-order valence-corrected chi connectivity index (χ4v) is 2.54. The summed E-state index contributed by atoms with van der Waals surface area (Å²) in [4.78, 5) is 25.0. The van der Waals surface area contributed by atoms with Crippen molar-refractivity contribution in [3.05, 3.63) is 24.3 Å². The van der Waals surface area contributed by atoms with Gasteiger partial charge in [-0.2, -0.15) is 0 Å². The molecule has 1 aromatic rings. The van der Waals surface area contributed by atoms with Crippen molar-refractivity contribution in [1.29, 1.82) is 0 Å². The fourth-order valence-electron chi connectivity index (χ4n) is 2.54. The van der Waals surface area contributed by atoms with Crippen LogP contribution in [0.3, 0.4) is 0 Å². The van der Waals surface area contributed by atoms with Crippen molar-refractivity contribution in [2.75, 3.05) is 18.0 Å². The first-order valence-electron chi connectivity index (χ1n) is 5.54. The van der Waals surface area contributed by atoms with E-state index in [1.165, 1.54) is 0 Å². The molecule has 0 bridgehead atoms. The number of nitrogens with one attached hydrogen (secondary N) is 1. The Labute approximate surface area is 98.0 Å². The Morgan fingerprint density at radius 1 is 1.18 bits per heavy atom. The number of rotatable bonds is 1. The highest BCUT2D eigenvalue weighted by atomic mass is 16.3. The molecule has 2 aliphatic rings. The van der Waals surface area contributed by atoms with Crippen molar-refractivity contribution in [3.63, 3.8) is 0 Å². The Kier molecular flexibility index (Phi) is 2.07. The predicted octanol–water partition coefficient (Wildman–Crippen LogP) is 0.101. The Morgan fingerprint density at radius 2 is 1.82 bits per heavy atom. The van der Waals surface area contributed by atoms with Crippen LogP contribution in [0, 0.1) is 11.8 Å². The number of anilines is 1. The van der Waals surface area contributed by atoms with Crippen LogP contribution in [0.15, 0.2) is 24.3 Å². The van der Waals surface area contributed by atoms with E-state index in [4.69, 9.17) is 0 Å². The summed E-state index contributed by atoms with van der Waals surface area (Å²) in [5.74, 6) is -0.657. The molecule has 2 aliphatic heterocycles. The van der Waals surface area contributed by atoms with Crippen molar-refractivity contribution in [2.24, 2.45) is 11.8 Å². The van der Waals surface area contributed by atoms with Gasteiger partial charge in [-0.3, -0.25) is 14.9 Å². The van der Waals surface area contributed by atoms with Gasteiger partial charge < -0.3 is 10.0 Å². The monoisotopic (exact) mass is 232 g/mol. The van der Waals surface area contributed by atoms with Gasteiger partial charge >= 0.3 is 0 Å². The number of fused-ring (bicyclic) bond motifs is 1. The topological polar surface area (TPSA) is 69.6 Å². The summed E-state index contributed by atoms with van der Waals surface area (Å²) in [6.45, 7) is 1.07. The smallest absolute Gasteiger partial charge is 0.232 e. The van der Waals surface area contributed by atoms with E-state index < -0.39 is 0 Å². The molecule has 2 amide bonds. The van der Waals surface area contributed by atoms with E-state index in [1.54, 1.807) is 18.2 Å². The minimum atomic E-state index is -0.246. The van der Waals surface area contributed by atoms with E-state index >= 15 is 0 Å². The number of hydrogen-bond acceptors (Lipinski definition) is 4. The average Bonchev–Trinajstić information content (AvgIpc) is 2.82. The van der Waals surface area contributed by atoms with Gasteiger partial charge in [-0.1, -0.05) is 6.07 Å². The summed E-state index contributed by atoms with van der Waals surface area (Å²) in [5.41, 5.74) is 0.847. The SMILES string of the molecule is O=C1NC(=O)[C@@H]2CN(c3cccc(O)c3)C[C@H]12. The van der Waals surface area contributed by atoms with E-state index in [0.29, 0.717) is 13.1 Å². The van der Waals surface area contributed by atoms with Gasteiger partial charge in [-0.25, -0.2) is 0 Å². The van der Waals surface area contributed by atoms with Crippen molar-refractivity contribution in [2.45, 2.75) is 0 Å². The molecule has 1 aromatic carbocycles. The zero-order valence-electron chi connectivity index (χ0n) is 9.09. The van der Waals surface area contributed by atoms with Crippen LogP contribution in [0.25, 0.3) is 0 Å². The molecular formula is C12H12N2O3. The number of hydrogen-bond donors (Lipinski definition) is 2. The number of nitrogens with zero attached hydrogens (tertiary/aromatic N) is 1. The summed E-state index contributed by atoms with van der Waals surface area (Å²) in [6.07, 6.45) is 0. The van der Waals surface area contributed by atoms with Crippen molar-refractivity contribution in [3.8, 4) is 5.75 Å². The van der Waals surface area contributed by atoms with Crippen LogP contribution >= 0.6 is 0 Å². The lowest BCUT2D eigenvalue weighted by Crippen LogP contribution is -2.31. The minimum absolute atomic E-state index is 0.178. The fraction of sp³-hybridized carbons (Fsp3) is 0.333. The van der Waals surface area contributed by atoms with E-state index in [0.717, 1.165) is 5.69 Å². The van der Waals surface area contributed by atoms with Crippen molar-refractivity contribution in [1.82, 2.24) is 5.32 Å². The van der Waals surface area contributed by atoms with Gasteiger partial charge in [0.1, 0.15) is 5.75 Å². The van der Waals surface area contributed by atoms with Crippen LogP contribution in [0.4, 0.5) is 5.69 Å². The second-order valence-corrected chi connectivity index (χ2v) is 4.49. The van der Waals surface area contributed by atoms with Crippen LogP contribution in [0.1, 0.15) is 0 Å². The number of benzene rings is 1. The molecule has 0 unspecified atom stereocenters. The zero-order chi connectivity index (χ0) is 12.0. The molecule has 2 heterocycles. The molecule has 2 saturated heterocycles. The molecule has 0 aliphatic carbocycles. The molecular weight excluding hydrogens is 220 g/mol. The lowest BCUT2D eigenvalue weighted by Gasteiger charge is -2.19. The Balaban J connectivity index is 1.85. The van der Waals surface area contributed by atoms with Gasteiger partial charge in [0.15, 0.2) is 0 Å². The lowest BCUT2D eigenvalue weighted by molar-refractivity contribution is -0.126. The Bertz CT molecular complexity index is 478. The lowest BCUT2D eigenvalue weighted by atomic mass is 10.00. The van der Waals surface area contributed by atoms with Gasteiger partial charge in [0.05, 0.1) is 11.8 Å². The minimum Gasteiger partial charge on any atom is -0.508 e. The quantitative estimate of drug-likeness (QED) is 0.674. The second-order valence-electron chi connectivity index (χ2n) is 4.49. The molecule has 0 aromatic heterocycles. The molecule has 88 valence electrons. The standard InChI is InChI=1S/C12H12N2O3/c15-8-3-1-2-7(4-8)14-5-9-10(6-14)12(17)13-11(9)16/h1-4,9-10,15H,5-6H2,(H,13,16,17)/t9-,10+. The van der Waals surface area contributed by atoms with Gasteiger partial charge in [0.25, 0.3) is 0 Å². The Morgan fingerprint density at radius 3 is 2.41 bits per heavy atom. The first kappa shape index (κ1) is 10.1. The van der Waals surface area contributed by atoms with E-state index in [-0.39, 0.29) is 29.4 Å². The number of amides is 2. The summed E-state index contributed by atoms with van der Waals surface area (Å²) >= 11 is 0. The first-order valence-corrected chi connectivity index (χ1v) is 5.54. The van der Waals surface area contributed by atoms with Crippen LogP contribution in [0.2, 0.25) is 0 Å². The number of phenols is 1. The zero-order valence-corrected chi connectivity index (χ0v) is 9.09. The molecule has 2 atom stereocenters. The van der Waals surface area contributed by atoms with Crippen LogP contribution in [-0.4, -0.2) is 30.0 Å². The van der Waals surface area contributed by atoms with Crippen LogP contribution < -0.4 is 10.2 Å². The van der Waals surface area contributed by atoms with Gasteiger partial charge in [-0.15, -0.1) is 0 Å². The molecule has 17 heavy (non-hydrogen) atoms. The number of carbonyl (C=O) groups is 2. The highest BCUT2D eigenvalue weighted by Crippen LogP contribution is 2.32. The number of aromatic hydroxyl groups is 1. The third-order valence-corrected chi connectivity index (χ3v) is 3.43. The number of carbonyl (C=O) groups excluding carboxylic acids is 2. The third kappa shape index (κ3) is 1.54. The summed E-state index contributed by atoms with van der Waals surface area (Å²) < 4.78 is 0. The maximum atomic E-state index is 11.5. The summed E-state index contributed by atoms with van der Waals surface area (Å²) in [7, 11) is 0. The van der Waals surface area contributed by atoms with E-state index in [9.17, 15) is 14.7 Å². The van der Waals surface area contributed by atoms with E-state index in [2.05, 4.69) is 5.32 Å². The summed E-state index contributed by atoms with van der Waals surface area (Å²) in [6, 6.07) is 6.85. The maximum Gasteiger partial charge on any atom is 0.232 e. The largest absolute Gasteiger partial charge is 0.508 e. The van der Waals surface area contributed by atoms with Gasteiger partial charge in [0.2, 0.25) is 11.8 Å². The molecule has 0 saturated carbocycles. The molecule has 2 N–H and O–H groups in total. The molecule has 0 spiro atoms. The maximum absolute atomic E-state index is 11.5. The second kappa shape index (κ2) is 3.48. The van der Waals surface area contributed by atoms with Crippen LogP contribution in [0.5, 0.6) is 5.75 Å². The highest BCUT2D eigenvalue weighted by Gasteiger charge is 2.47. The average molecular weight is 232 g/mol. The highest BCUT2D eigenvalue weighted by molar-refractivity contribution is 6.06. The normalized spacial score (nSPS) is 27.2. The predicted molar refractivity (Wildman–Crippen MR) is 60.4 cm³/mol. The number of imide groups is 1. The molecule has 3 rings (SSSR count). The third-order valence-electron chi connectivity index (χ3n) is 3.43. The molecule has 2 fully saturated rings. The first-order chi connectivity index (χ1) is 8.15. The van der Waals surface area contributed by atoms with Gasteiger partial charge in [-0.05, 0) is 12.1 Å². The van der Waals surface area contributed by atoms with Crippen LogP contribution in [-0.2, 0) is 9.59 Å².